The Kier molecular flexibility index (Phi) is 3.85. The first-order valence-electron chi connectivity index (χ1n) is 7.72. The lowest BCUT2D eigenvalue weighted by Crippen LogP contribution is -2.56. The molecule has 0 radical (unpaired) electrons. The summed E-state index contributed by atoms with van der Waals surface area (Å²) in [6.07, 6.45) is -0.326. The number of carbonyl (C=O) groups excluding carboxylic acids is 1. The normalized spacial score (nSPS) is 24.5. The van der Waals surface area contributed by atoms with E-state index >= 15 is 0 Å². The lowest BCUT2D eigenvalue weighted by molar-refractivity contribution is 0.136. The number of hydrogen-bond acceptors (Lipinski definition) is 6. The molecule has 0 aliphatic carbocycles. The van der Waals surface area contributed by atoms with E-state index in [0.29, 0.717) is 19.1 Å². The third kappa shape index (κ3) is 2.76. The summed E-state index contributed by atoms with van der Waals surface area (Å²) in [5.41, 5.74) is 2.02. The highest BCUT2D eigenvalue weighted by atomic mass is 32.2. The predicted octanol–water partition coefficient (Wildman–Crippen LogP) is 1.09. The van der Waals surface area contributed by atoms with Crippen LogP contribution in [0.2, 0.25) is 0 Å². The summed E-state index contributed by atoms with van der Waals surface area (Å²) in [5.74, 6) is 1.09. The summed E-state index contributed by atoms with van der Waals surface area (Å²) >= 11 is 1.85. The van der Waals surface area contributed by atoms with Gasteiger partial charge in [-0.05, 0) is 18.2 Å². The zero-order chi connectivity index (χ0) is 14.9. The minimum Gasteiger partial charge on any atom is -0.443 e. The second-order valence-electron chi connectivity index (χ2n) is 5.84. The van der Waals surface area contributed by atoms with Crippen LogP contribution < -0.4 is 20.9 Å². The molecule has 6 nitrogen and oxygen atoms in total. The van der Waals surface area contributed by atoms with Gasteiger partial charge in [0.05, 0.1) is 6.54 Å². The second kappa shape index (κ2) is 5.98. The highest BCUT2D eigenvalue weighted by molar-refractivity contribution is 7.99. The van der Waals surface area contributed by atoms with Crippen molar-refractivity contribution in [1.29, 1.82) is 0 Å². The van der Waals surface area contributed by atoms with Crippen LogP contribution in [0.4, 0.5) is 16.2 Å². The maximum absolute atomic E-state index is 12.1. The number of ether oxygens (including phenoxy) is 1. The molecule has 3 N–H and O–H groups in total. The lowest BCUT2D eigenvalue weighted by atomic mass is 10.2. The van der Waals surface area contributed by atoms with E-state index in [4.69, 9.17) is 4.74 Å². The van der Waals surface area contributed by atoms with Gasteiger partial charge >= 0.3 is 6.09 Å². The van der Waals surface area contributed by atoms with Crippen molar-refractivity contribution in [3.8, 4) is 0 Å². The smallest absolute Gasteiger partial charge is 0.414 e. The second-order valence-corrected chi connectivity index (χ2v) is 6.97. The highest BCUT2D eigenvalue weighted by Gasteiger charge is 2.33. The van der Waals surface area contributed by atoms with E-state index in [1.807, 2.05) is 17.8 Å². The van der Waals surface area contributed by atoms with Crippen LogP contribution >= 0.6 is 11.8 Å². The molecule has 1 amide bonds. The van der Waals surface area contributed by atoms with Gasteiger partial charge in [-0.1, -0.05) is 0 Å². The zero-order valence-electron chi connectivity index (χ0n) is 12.3. The molecule has 7 heteroatoms. The van der Waals surface area contributed by atoms with Crippen LogP contribution in [0, 0.1) is 0 Å². The molecule has 0 unspecified atom stereocenters. The van der Waals surface area contributed by atoms with E-state index < -0.39 is 0 Å². The number of hydrogen-bond donors (Lipinski definition) is 3. The SMILES string of the molecule is O=C1O[C@H](CNC2CNC2)CN1c1ccc2c(c1)NCCS2. The van der Waals surface area contributed by atoms with Crippen molar-refractivity contribution in [2.75, 3.05) is 48.7 Å². The van der Waals surface area contributed by atoms with Gasteiger partial charge in [-0.2, -0.15) is 0 Å². The third-order valence-electron chi connectivity index (χ3n) is 4.24. The van der Waals surface area contributed by atoms with Gasteiger partial charge in [0.15, 0.2) is 0 Å². The van der Waals surface area contributed by atoms with Gasteiger partial charge in [0.1, 0.15) is 6.10 Å². The van der Waals surface area contributed by atoms with Crippen molar-refractivity contribution in [2.24, 2.45) is 0 Å². The van der Waals surface area contributed by atoms with Crippen LogP contribution in [0.15, 0.2) is 23.1 Å². The molecule has 0 spiro atoms. The number of fused-ring (bicyclic) bond motifs is 1. The van der Waals surface area contributed by atoms with Gasteiger partial charge in [0.2, 0.25) is 0 Å². The van der Waals surface area contributed by atoms with Crippen molar-refractivity contribution < 1.29 is 9.53 Å². The molecule has 0 bridgehead atoms. The average molecular weight is 320 g/mol. The Bertz CT molecular complexity index is 579. The number of nitrogens with zero attached hydrogens (tertiary/aromatic N) is 1. The first-order valence-corrected chi connectivity index (χ1v) is 8.71. The first kappa shape index (κ1) is 14.2. The number of carbonyl (C=O) groups is 1. The number of nitrogens with one attached hydrogen (secondary N) is 3. The van der Waals surface area contributed by atoms with Gasteiger partial charge in [0, 0.05) is 54.2 Å². The van der Waals surface area contributed by atoms with Gasteiger partial charge < -0.3 is 20.7 Å². The van der Waals surface area contributed by atoms with Gasteiger partial charge in [-0.25, -0.2) is 4.79 Å². The standard InChI is InChI=1S/C15H20N4O2S/c20-15-19(9-12(21-15)8-18-10-6-16-7-10)11-1-2-14-13(5-11)17-3-4-22-14/h1-2,5,10,12,16-18H,3-4,6-9H2/t12-/m1/s1. The molecule has 1 atom stereocenters. The Hall–Kier alpha value is -1.44. The summed E-state index contributed by atoms with van der Waals surface area (Å²) in [7, 11) is 0. The molecule has 4 rings (SSSR count). The van der Waals surface area contributed by atoms with Crippen molar-refractivity contribution in [1.82, 2.24) is 10.6 Å². The summed E-state index contributed by atoms with van der Waals surface area (Å²) in [5, 5.41) is 10.0. The molecule has 2 fully saturated rings. The zero-order valence-corrected chi connectivity index (χ0v) is 13.1. The van der Waals surface area contributed by atoms with E-state index in [9.17, 15) is 4.79 Å². The quantitative estimate of drug-likeness (QED) is 0.772. The van der Waals surface area contributed by atoms with Crippen molar-refractivity contribution in [2.45, 2.75) is 17.0 Å². The Morgan fingerprint density at radius 2 is 2.32 bits per heavy atom. The van der Waals surface area contributed by atoms with Gasteiger partial charge in [-0.15, -0.1) is 11.8 Å². The van der Waals surface area contributed by atoms with Crippen LogP contribution in [0.3, 0.4) is 0 Å². The molecule has 1 aromatic rings. The molecule has 1 aromatic carbocycles. The maximum Gasteiger partial charge on any atom is 0.414 e. The topological polar surface area (TPSA) is 65.6 Å². The number of amides is 1. The largest absolute Gasteiger partial charge is 0.443 e. The van der Waals surface area contributed by atoms with Crippen molar-refractivity contribution >= 4 is 29.2 Å². The van der Waals surface area contributed by atoms with Gasteiger partial charge in [0.25, 0.3) is 0 Å². The fourth-order valence-corrected chi connectivity index (χ4v) is 3.74. The van der Waals surface area contributed by atoms with Crippen molar-refractivity contribution in [3.05, 3.63) is 18.2 Å². The van der Waals surface area contributed by atoms with Crippen LogP contribution in [-0.4, -0.2) is 56.7 Å². The number of cyclic esters (lactones) is 1. The predicted molar refractivity (Wildman–Crippen MR) is 87.9 cm³/mol. The molecule has 22 heavy (non-hydrogen) atoms. The fraction of sp³-hybridized carbons (Fsp3) is 0.533. The summed E-state index contributed by atoms with van der Waals surface area (Å²) in [6, 6.07) is 6.65. The molecule has 0 saturated carbocycles. The monoisotopic (exact) mass is 320 g/mol. The maximum atomic E-state index is 12.1. The number of anilines is 2. The van der Waals surface area contributed by atoms with E-state index in [1.54, 1.807) is 4.90 Å². The summed E-state index contributed by atoms with van der Waals surface area (Å²) in [6.45, 7) is 4.29. The minimum absolute atomic E-state index is 0.0773. The van der Waals surface area contributed by atoms with Gasteiger partial charge in [-0.3, -0.25) is 4.90 Å². The Morgan fingerprint density at radius 3 is 3.14 bits per heavy atom. The average Bonchev–Trinajstić information content (AvgIpc) is 2.86. The summed E-state index contributed by atoms with van der Waals surface area (Å²) < 4.78 is 5.47. The Labute approximate surface area is 134 Å². The molecule has 3 heterocycles. The minimum atomic E-state index is -0.248. The molecule has 2 saturated heterocycles. The van der Waals surface area contributed by atoms with Crippen molar-refractivity contribution in [3.63, 3.8) is 0 Å². The summed E-state index contributed by atoms with van der Waals surface area (Å²) in [4.78, 5) is 15.1. The van der Waals surface area contributed by atoms with Crippen LogP contribution in [0.25, 0.3) is 0 Å². The fourth-order valence-electron chi connectivity index (χ4n) is 2.87. The number of thioether (sulfide) groups is 1. The van der Waals surface area contributed by atoms with E-state index in [0.717, 1.165) is 36.8 Å². The molecular formula is C15H20N4O2S. The highest BCUT2D eigenvalue weighted by Crippen LogP contribution is 2.35. The van der Waals surface area contributed by atoms with E-state index in [-0.39, 0.29) is 12.2 Å². The molecule has 3 aliphatic heterocycles. The number of rotatable bonds is 4. The Morgan fingerprint density at radius 1 is 1.41 bits per heavy atom. The lowest BCUT2D eigenvalue weighted by Gasteiger charge is -2.28. The molecule has 118 valence electrons. The third-order valence-corrected chi connectivity index (χ3v) is 5.31. The Balaban J connectivity index is 1.42. The first-order chi connectivity index (χ1) is 10.8. The molecule has 0 aromatic heterocycles. The molecule has 3 aliphatic rings. The van der Waals surface area contributed by atoms with E-state index in [1.165, 1.54) is 4.90 Å². The van der Waals surface area contributed by atoms with Crippen LogP contribution in [0.5, 0.6) is 0 Å². The number of benzene rings is 1. The van der Waals surface area contributed by atoms with Crippen LogP contribution in [-0.2, 0) is 4.74 Å². The van der Waals surface area contributed by atoms with E-state index in [2.05, 4.69) is 28.1 Å². The van der Waals surface area contributed by atoms with Crippen LogP contribution in [0.1, 0.15) is 0 Å². The molecular weight excluding hydrogens is 300 g/mol.